The first-order valence-electron chi connectivity index (χ1n) is 5.52. The molecule has 0 spiro atoms. The summed E-state index contributed by atoms with van der Waals surface area (Å²) in [6, 6.07) is 0. The number of carbonyl (C=O) groups excluding carboxylic acids is 1. The Bertz CT molecular complexity index is 338. The van der Waals surface area contributed by atoms with Gasteiger partial charge < -0.3 is 4.79 Å². The number of Topliss-reactive ketones (excluding diaryl/α,β-unsaturated/α-hetero) is 1. The van der Waals surface area contributed by atoms with Gasteiger partial charge in [0.2, 0.25) is 0 Å². The van der Waals surface area contributed by atoms with Crippen molar-refractivity contribution >= 4 is 5.78 Å². The van der Waals surface area contributed by atoms with Crippen molar-refractivity contribution in [3.63, 3.8) is 0 Å². The fourth-order valence-corrected chi connectivity index (χ4v) is 1.81. The summed E-state index contributed by atoms with van der Waals surface area (Å²) in [6.45, 7) is 0. The summed E-state index contributed by atoms with van der Waals surface area (Å²) in [4.78, 5) is 11.8. The number of hydrogen-bond donors (Lipinski definition) is 0. The number of rotatable bonds is 4. The molecule has 20 heavy (non-hydrogen) atoms. The van der Waals surface area contributed by atoms with Crippen LogP contribution in [0.15, 0.2) is 36.5 Å². The van der Waals surface area contributed by atoms with Crippen LogP contribution in [0, 0.1) is 24.0 Å². The third-order valence-electron chi connectivity index (χ3n) is 2.60. The fraction of sp³-hybridized carbons (Fsp3) is 0.267. The molecule has 84 valence electrons. The topological polar surface area (TPSA) is 17.1 Å². The Hall–Kier alpha value is 0.760. The third-order valence-corrected chi connectivity index (χ3v) is 2.60. The first kappa shape index (κ1) is 25.7. The van der Waals surface area contributed by atoms with E-state index >= 15 is 0 Å². The van der Waals surface area contributed by atoms with Gasteiger partial charge in [0, 0.05) is 0 Å². The molecule has 0 heterocycles. The van der Waals surface area contributed by atoms with Crippen molar-refractivity contribution in [3.05, 3.63) is 60.4 Å². The van der Waals surface area contributed by atoms with Crippen LogP contribution in [0.4, 0.5) is 0 Å². The Labute approximate surface area is 170 Å². The Kier molecular flexibility index (Phi) is 18.9. The standard InChI is InChI=1S/C15H14O.4Li/c16-15(11-13-7-3-1-4-8-13)12-14-9-5-2-6-10-14;;;;/h1-3,5,7,9H,8,10-12H2;;;;/q-4;4*+1. The van der Waals surface area contributed by atoms with Gasteiger partial charge in [-0.3, -0.25) is 12.2 Å². The zero-order chi connectivity index (χ0) is 11.2. The first-order chi connectivity index (χ1) is 7.84. The van der Waals surface area contributed by atoms with Crippen molar-refractivity contribution in [2.45, 2.75) is 25.7 Å². The number of ketones is 1. The molecule has 0 amide bonds. The largest absolute Gasteiger partial charge is 1.00 e. The Morgan fingerprint density at radius 3 is 1.55 bits per heavy atom. The molecule has 0 atom stereocenters. The third kappa shape index (κ3) is 9.65. The fourth-order valence-electron chi connectivity index (χ4n) is 1.81. The van der Waals surface area contributed by atoms with Gasteiger partial charge in [0.05, 0.1) is 0 Å². The summed E-state index contributed by atoms with van der Waals surface area (Å²) in [6.07, 6.45) is 20.6. The molecule has 5 heteroatoms. The number of hydrogen-bond acceptors (Lipinski definition) is 1. The molecule has 0 aliphatic heterocycles. The number of carbonyl (C=O) groups is 1. The predicted octanol–water partition coefficient (Wildman–Crippen LogP) is -8.86. The van der Waals surface area contributed by atoms with Crippen molar-refractivity contribution in [2.24, 2.45) is 0 Å². The van der Waals surface area contributed by atoms with Crippen LogP contribution < -0.4 is 75.4 Å². The summed E-state index contributed by atoms with van der Waals surface area (Å²) in [5.74, 6) is 2.60. The molecule has 0 saturated carbocycles. The maximum atomic E-state index is 11.8. The SMILES string of the molecule is O=C(C[C-]1C=CC=[C-]C1)C[C-]1C=CC=[C-]C1.[Li+].[Li+].[Li+].[Li+]. The van der Waals surface area contributed by atoms with Gasteiger partial charge in [0.1, 0.15) is 5.78 Å². The summed E-state index contributed by atoms with van der Waals surface area (Å²) in [5, 5.41) is 0. The van der Waals surface area contributed by atoms with E-state index in [0.29, 0.717) is 12.8 Å². The van der Waals surface area contributed by atoms with Gasteiger partial charge in [-0.2, -0.15) is 12.8 Å². The van der Waals surface area contributed by atoms with Gasteiger partial charge in [-0.15, -0.1) is 0 Å². The zero-order valence-electron chi connectivity index (χ0n) is 13.2. The Morgan fingerprint density at radius 2 is 1.25 bits per heavy atom. The molecule has 0 saturated heterocycles. The maximum Gasteiger partial charge on any atom is 1.00 e. The monoisotopic (exact) mass is 238 g/mol. The van der Waals surface area contributed by atoms with E-state index in [2.05, 4.69) is 12.2 Å². The molecule has 0 aromatic rings. The molecule has 0 aromatic heterocycles. The molecule has 0 unspecified atom stereocenters. The molecular weight excluding hydrogens is 224 g/mol. The molecule has 0 aromatic carbocycles. The quantitative estimate of drug-likeness (QED) is 0.351. The van der Waals surface area contributed by atoms with Gasteiger partial charge >= 0.3 is 75.4 Å². The molecule has 2 rings (SSSR count). The van der Waals surface area contributed by atoms with E-state index in [1.54, 1.807) is 0 Å². The van der Waals surface area contributed by atoms with Crippen molar-refractivity contribution in [2.75, 3.05) is 0 Å². The van der Waals surface area contributed by atoms with E-state index in [1.807, 2.05) is 36.5 Å². The van der Waals surface area contributed by atoms with Crippen LogP contribution in [-0.2, 0) is 4.79 Å². The second kappa shape index (κ2) is 14.7. The average Bonchev–Trinajstić information content (AvgIpc) is 2.31. The predicted molar refractivity (Wildman–Crippen MR) is 63.9 cm³/mol. The van der Waals surface area contributed by atoms with Crippen molar-refractivity contribution in [1.29, 1.82) is 0 Å². The van der Waals surface area contributed by atoms with E-state index in [-0.39, 0.29) is 81.2 Å². The minimum atomic E-state index is 0. The molecular formula is C15H14Li4O. The summed E-state index contributed by atoms with van der Waals surface area (Å²) in [5.41, 5.74) is 0. The second-order valence-corrected chi connectivity index (χ2v) is 4.02. The maximum absolute atomic E-state index is 11.8. The summed E-state index contributed by atoms with van der Waals surface area (Å²) in [7, 11) is 0. The van der Waals surface area contributed by atoms with Gasteiger partial charge in [-0.05, 0) is 12.8 Å². The van der Waals surface area contributed by atoms with Crippen molar-refractivity contribution in [1.82, 2.24) is 0 Å². The number of allylic oxidation sites excluding steroid dienone is 8. The first-order valence-corrected chi connectivity index (χ1v) is 5.52. The van der Waals surface area contributed by atoms with Crippen molar-refractivity contribution in [3.8, 4) is 0 Å². The average molecular weight is 238 g/mol. The van der Waals surface area contributed by atoms with Crippen LogP contribution >= 0.6 is 0 Å². The molecule has 0 N–H and O–H groups in total. The van der Waals surface area contributed by atoms with Crippen LogP contribution in [0.5, 0.6) is 0 Å². The molecule has 0 fully saturated rings. The normalized spacial score (nSPS) is 14.6. The molecule has 2 aliphatic carbocycles. The minimum Gasteiger partial charge on any atom is -0.302 e. The minimum absolute atomic E-state index is 0. The molecule has 1 nitrogen and oxygen atoms in total. The van der Waals surface area contributed by atoms with E-state index in [9.17, 15) is 4.79 Å². The van der Waals surface area contributed by atoms with Gasteiger partial charge in [0.15, 0.2) is 0 Å². The van der Waals surface area contributed by atoms with E-state index in [1.165, 1.54) is 0 Å². The Balaban J connectivity index is -0.000000722. The van der Waals surface area contributed by atoms with Crippen LogP contribution in [0.1, 0.15) is 25.7 Å². The van der Waals surface area contributed by atoms with Crippen LogP contribution in [0.3, 0.4) is 0 Å². The van der Waals surface area contributed by atoms with Crippen LogP contribution in [0.2, 0.25) is 0 Å². The van der Waals surface area contributed by atoms with Gasteiger partial charge in [0.25, 0.3) is 0 Å². The van der Waals surface area contributed by atoms with E-state index in [4.69, 9.17) is 0 Å². The second-order valence-electron chi connectivity index (χ2n) is 4.02. The van der Waals surface area contributed by atoms with Crippen LogP contribution in [-0.4, -0.2) is 5.78 Å². The van der Waals surface area contributed by atoms with Gasteiger partial charge in [-0.1, -0.05) is 0 Å². The Morgan fingerprint density at radius 1 is 0.850 bits per heavy atom. The molecule has 2 aliphatic rings. The molecule has 0 bridgehead atoms. The zero-order valence-corrected chi connectivity index (χ0v) is 13.2. The summed E-state index contributed by atoms with van der Waals surface area (Å²) >= 11 is 0. The van der Waals surface area contributed by atoms with Crippen LogP contribution in [0.25, 0.3) is 0 Å². The van der Waals surface area contributed by atoms with E-state index < -0.39 is 0 Å². The van der Waals surface area contributed by atoms with Crippen molar-refractivity contribution < 1.29 is 80.2 Å². The summed E-state index contributed by atoms with van der Waals surface area (Å²) < 4.78 is 0. The smallest absolute Gasteiger partial charge is 0.302 e. The molecule has 0 radical (unpaired) electrons. The van der Waals surface area contributed by atoms with Gasteiger partial charge in [-0.25, -0.2) is 48.3 Å². The van der Waals surface area contributed by atoms with E-state index in [0.717, 1.165) is 24.7 Å².